The molecule has 6 saturated heterocycles. The fourth-order valence-electron chi connectivity index (χ4n) is 11.7. The van der Waals surface area contributed by atoms with E-state index in [1.54, 1.807) is 0 Å². The first kappa shape index (κ1) is 45.3. The minimum Gasteiger partial charge on any atom is -0.378 e. The Hall–Kier alpha value is -0.240. The Morgan fingerprint density at radius 2 is 0.911 bits per heavy atom. The Morgan fingerprint density at radius 3 is 1.23 bits per heavy atom. The molecule has 10 fully saturated rings. The number of rotatable bonds is 0. The van der Waals surface area contributed by atoms with E-state index in [1.165, 1.54) is 136 Å². The maximum Gasteiger partial charge on any atom is 0.0622 e. The van der Waals surface area contributed by atoms with Crippen molar-refractivity contribution >= 4 is 0 Å². The van der Waals surface area contributed by atoms with Gasteiger partial charge in [-0.3, -0.25) is 24.5 Å². The zero-order valence-corrected chi connectivity index (χ0v) is 40.2. The fourth-order valence-corrected chi connectivity index (χ4v) is 11.7. The number of nitrogens with zero attached hydrogens (tertiary/aromatic N) is 5. The van der Waals surface area contributed by atoms with Crippen molar-refractivity contribution in [2.75, 3.05) is 59.0 Å². The van der Waals surface area contributed by atoms with Crippen molar-refractivity contribution in [3.63, 3.8) is 0 Å². The second-order valence-electron chi connectivity index (χ2n) is 26.0. The summed E-state index contributed by atoms with van der Waals surface area (Å²) in [5, 5.41) is 0. The predicted molar refractivity (Wildman–Crippen MR) is 240 cm³/mol. The first-order valence-electron chi connectivity index (χ1n) is 24.1. The van der Waals surface area contributed by atoms with Crippen molar-refractivity contribution in [2.45, 2.75) is 239 Å². The van der Waals surface area contributed by atoms with Gasteiger partial charge in [-0.1, -0.05) is 0 Å². The van der Waals surface area contributed by atoms with Crippen LogP contribution in [0.3, 0.4) is 0 Å². The van der Waals surface area contributed by atoms with Gasteiger partial charge in [0.05, 0.1) is 13.2 Å². The van der Waals surface area contributed by atoms with Gasteiger partial charge in [0.25, 0.3) is 0 Å². The quantitative estimate of drug-likeness (QED) is 0.243. The molecule has 0 amide bonds. The van der Waals surface area contributed by atoms with Crippen LogP contribution >= 0.6 is 0 Å². The first-order valence-corrected chi connectivity index (χ1v) is 24.1. The van der Waals surface area contributed by atoms with Crippen molar-refractivity contribution in [2.24, 2.45) is 22.7 Å². The van der Waals surface area contributed by atoms with Gasteiger partial charge in [-0.25, -0.2) is 0 Å². The standard InChI is InChI=1S/C11H21N.C10H19NO.2C10H19N.C9H17N/c1-10(2,3)12-8-6-11(4-5-11)7-9-12;1-10(2,3)11-8-4-5-9(11)7-12-6-8;1-9(2,3)11-7-6-10(8-11)4-5-10;1-9(2,3)11-8-4-5-10(11)6-7-10;1-9(2,3)10-5-7-4-8(7)6-10/h4-9H2,1-3H3;8-9H,4-7H2,1-3H3;2*4-8H2,1-3H3;7-8H,4-6H2,1-3H3. The second kappa shape index (κ2) is 16.2. The summed E-state index contributed by atoms with van der Waals surface area (Å²) in [6, 6.07) is 1.40. The molecule has 2 bridgehead atoms. The Labute approximate surface area is 348 Å². The zero-order chi connectivity index (χ0) is 41.2. The molecule has 0 aromatic heterocycles. The van der Waals surface area contributed by atoms with Crippen molar-refractivity contribution in [3.05, 3.63) is 0 Å². The first-order chi connectivity index (χ1) is 25.7. The summed E-state index contributed by atoms with van der Waals surface area (Å²) in [5.74, 6) is 2.17. The van der Waals surface area contributed by atoms with E-state index in [0.29, 0.717) is 45.3 Å². The van der Waals surface area contributed by atoms with Crippen molar-refractivity contribution in [1.82, 2.24) is 24.5 Å². The van der Waals surface area contributed by atoms with E-state index in [2.05, 4.69) is 128 Å². The number of piperidine rings is 2. The van der Waals surface area contributed by atoms with E-state index in [-0.39, 0.29) is 0 Å². The minimum atomic E-state index is 0.329. The summed E-state index contributed by atoms with van der Waals surface area (Å²) in [5.41, 5.74) is 4.28. The maximum absolute atomic E-state index is 5.54. The number of morpholine rings is 1. The van der Waals surface area contributed by atoms with E-state index in [4.69, 9.17) is 4.74 Å². The Morgan fingerprint density at radius 1 is 0.446 bits per heavy atom. The molecule has 0 aromatic carbocycles. The molecule has 4 aliphatic carbocycles. The van der Waals surface area contributed by atoms with Gasteiger partial charge in [-0.2, -0.15) is 0 Å². The number of hydrogen-bond acceptors (Lipinski definition) is 6. The van der Waals surface area contributed by atoms with Gasteiger partial charge >= 0.3 is 0 Å². The number of likely N-dealkylation sites (tertiary alicyclic amines) is 4. The van der Waals surface area contributed by atoms with Gasteiger partial charge in [0, 0.05) is 65.0 Å². The molecule has 6 heteroatoms. The van der Waals surface area contributed by atoms with E-state index in [0.717, 1.165) is 35.9 Å². The summed E-state index contributed by atoms with van der Waals surface area (Å²) >= 11 is 0. The lowest BCUT2D eigenvalue weighted by Gasteiger charge is -2.44. The number of fused-ring (bicyclic) bond motifs is 3. The Kier molecular flexibility index (Phi) is 13.1. The van der Waals surface area contributed by atoms with Crippen LogP contribution < -0.4 is 0 Å². The highest BCUT2D eigenvalue weighted by Gasteiger charge is 2.54. The third kappa shape index (κ3) is 11.6. The lowest BCUT2D eigenvalue weighted by molar-refractivity contribution is -0.0565. The second-order valence-corrected chi connectivity index (χ2v) is 26.0. The van der Waals surface area contributed by atoms with Crippen molar-refractivity contribution < 1.29 is 4.74 Å². The molecule has 4 atom stereocenters. The molecule has 3 spiro atoms. The summed E-state index contributed by atoms with van der Waals surface area (Å²) in [4.78, 5) is 13.3. The van der Waals surface area contributed by atoms with Crippen LogP contribution in [0, 0.1) is 22.7 Å². The van der Waals surface area contributed by atoms with Crippen LogP contribution in [0.25, 0.3) is 0 Å². The summed E-state index contributed by atoms with van der Waals surface area (Å²) in [6.07, 6.45) is 20.4. The average molecular weight is 782 g/mol. The lowest BCUT2D eigenvalue weighted by Crippen LogP contribution is -2.54. The molecule has 326 valence electrons. The number of ether oxygens (including phenoxy) is 1. The van der Waals surface area contributed by atoms with E-state index < -0.39 is 0 Å². The third-order valence-electron chi connectivity index (χ3n) is 16.2. The van der Waals surface area contributed by atoms with Gasteiger partial charge in [0.15, 0.2) is 0 Å². The van der Waals surface area contributed by atoms with Gasteiger partial charge in [-0.15, -0.1) is 0 Å². The summed E-state index contributed by atoms with van der Waals surface area (Å²) < 4.78 is 5.54. The smallest absolute Gasteiger partial charge is 0.0622 e. The molecule has 0 radical (unpaired) electrons. The molecule has 6 nitrogen and oxygen atoms in total. The van der Waals surface area contributed by atoms with Crippen LogP contribution in [0.15, 0.2) is 0 Å². The van der Waals surface area contributed by atoms with E-state index in [9.17, 15) is 0 Å². The molecule has 10 aliphatic rings. The van der Waals surface area contributed by atoms with Gasteiger partial charge in [-0.05, 0) is 243 Å². The Balaban J connectivity index is 0.000000119. The lowest BCUT2D eigenvalue weighted by atomic mass is 9.91. The molecule has 6 aliphatic heterocycles. The molecule has 0 N–H and O–H groups in total. The third-order valence-corrected chi connectivity index (χ3v) is 16.2. The van der Waals surface area contributed by atoms with Crippen molar-refractivity contribution in [3.8, 4) is 0 Å². The largest absolute Gasteiger partial charge is 0.378 e. The van der Waals surface area contributed by atoms with Crippen LogP contribution in [0.1, 0.15) is 194 Å². The van der Waals surface area contributed by atoms with Crippen LogP contribution in [0.2, 0.25) is 0 Å². The Bertz CT molecular complexity index is 1240. The molecule has 4 saturated carbocycles. The highest BCUT2D eigenvalue weighted by molar-refractivity contribution is 5.10. The zero-order valence-electron chi connectivity index (χ0n) is 40.2. The monoisotopic (exact) mass is 782 g/mol. The van der Waals surface area contributed by atoms with Crippen LogP contribution in [0.5, 0.6) is 0 Å². The van der Waals surface area contributed by atoms with Crippen LogP contribution in [-0.4, -0.2) is 129 Å². The predicted octanol–water partition coefficient (Wildman–Crippen LogP) is 10.7. The highest BCUT2D eigenvalue weighted by atomic mass is 16.5. The molecule has 10 rings (SSSR count). The molecule has 6 heterocycles. The van der Waals surface area contributed by atoms with Gasteiger partial charge in [0.2, 0.25) is 0 Å². The van der Waals surface area contributed by atoms with E-state index >= 15 is 0 Å². The normalized spacial score (nSPS) is 33.1. The highest BCUT2D eigenvalue weighted by Crippen LogP contribution is 2.55. The molecular weight excluding hydrogens is 687 g/mol. The maximum atomic E-state index is 5.54. The van der Waals surface area contributed by atoms with Crippen molar-refractivity contribution in [1.29, 1.82) is 0 Å². The topological polar surface area (TPSA) is 25.4 Å². The van der Waals surface area contributed by atoms with E-state index in [1.807, 2.05) is 0 Å². The fraction of sp³-hybridized carbons (Fsp3) is 1.00. The van der Waals surface area contributed by atoms with Gasteiger partial charge < -0.3 is 4.74 Å². The summed E-state index contributed by atoms with van der Waals surface area (Å²) in [7, 11) is 0. The SMILES string of the molecule is CC(C)(C)N1C2CCC1COC2.CC(C)(C)N1CC2CC2C1.CC(C)(C)N1CCC2(CC1)CC2.CC(C)(C)N1CCC2(CC2)C1.CC(C)(C)N1CCCC12CC2. The average Bonchev–Trinajstić information content (AvgIpc) is 4.04. The molecule has 0 aromatic rings. The molecule has 4 unspecified atom stereocenters. The molecule has 56 heavy (non-hydrogen) atoms. The van der Waals surface area contributed by atoms with Crippen LogP contribution in [-0.2, 0) is 4.74 Å². The van der Waals surface area contributed by atoms with Crippen LogP contribution in [0.4, 0.5) is 0 Å². The summed E-state index contributed by atoms with van der Waals surface area (Å²) in [6.45, 7) is 46.3. The molecular formula is C50H95N5O. The minimum absolute atomic E-state index is 0.329. The van der Waals surface area contributed by atoms with Gasteiger partial charge in [0.1, 0.15) is 0 Å². The number of hydrogen-bond donors (Lipinski definition) is 0.